The number of benzene rings is 3. The van der Waals surface area contributed by atoms with Crippen molar-refractivity contribution in [3.05, 3.63) is 83.9 Å². The molecule has 3 aromatic rings. The first-order valence-electron chi connectivity index (χ1n) is 14.9. The van der Waals surface area contributed by atoms with Crippen LogP contribution in [0.25, 0.3) is 10.8 Å². The van der Waals surface area contributed by atoms with Crippen LogP contribution in [0.15, 0.2) is 72.8 Å². The molecule has 3 aromatic carbocycles. The molecule has 4 N–H and O–H groups in total. The third-order valence-corrected chi connectivity index (χ3v) is 7.55. The van der Waals surface area contributed by atoms with Crippen molar-refractivity contribution >= 4 is 28.5 Å². The average molecular weight is 589 g/mol. The van der Waals surface area contributed by atoms with Gasteiger partial charge in [-0.05, 0) is 48.6 Å². The maximum absolute atomic E-state index is 14.0. The molecule has 1 saturated heterocycles. The first-order valence-corrected chi connectivity index (χ1v) is 14.9. The fraction of sp³-hybridized carbons (Fsp3) is 0.441. The molecule has 1 unspecified atom stereocenters. The number of carbonyl (C=O) groups is 3. The third kappa shape index (κ3) is 9.88. The molecule has 230 valence electrons. The molecule has 1 fully saturated rings. The Morgan fingerprint density at radius 2 is 1.70 bits per heavy atom. The molecular weight excluding hydrogens is 544 g/mol. The average Bonchev–Trinajstić information content (AvgIpc) is 3.51. The number of hydrogen-bond acceptors (Lipinski definition) is 6. The van der Waals surface area contributed by atoms with Gasteiger partial charge < -0.3 is 30.7 Å². The van der Waals surface area contributed by atoms with Crippen LogP contribution in [0, 0.1) is 0 Å². The highest BCUT2D eigenvalue weighted by atomic mass is 16.5. The molecular formula is C34H44N4O5. The fourth-order valence-corrected chi connectivity index (χ4v) is 5.14. The minimum Gasteiger partial charge on any atom is -0.376 e. The highest BCUT2D eigenvalue weighted by molar-refractivity contribution is 5.93. The van der Waals surface area contributed by atoms with E-state index in [1.54, 1.807) is 7.05 Å². The predicted octanol–water partition coefficient (Wildman–Crippen LogP) is 2.99. The van der Waals surface area contributed by atoms with E-state index in [4.69, 9.17) is 15.2 Å². The lowest BCUT2D eigenvalue weighted by atomic mass is 9.99. The number of carbonyl (C=O) groups excluding carboxylic acids is 3. The number of ether oxygens (including phenoxy) is 2. The molecule has 0 bridgehead atoms. The molecule has 1 aliphatic rings. The largest absolute Gasteiger partial charge is 0.376 e. The van der Waals surface area contributed by atoms with E-state index >= 15 is 0 Å². The van der Waals surface area contributed by atoms with Gasteiger partial charge in [-0.3, -0.25) is 14.4 Å². The van der Waals surface area contributed by atoms with E-state index in [2.05, 4.69) is 10.6 Å². The number of nitrogens with two attached hydrogens (primary N) is 1. The SMILES string of the molecule is CN(C(=O)COCC(C)(C)N)[C@H](Cc1ccc2ccccc2c1)C(=O)N[C@H](Cc1ccccc1)C(=O)NCC1CCCO1. The van der Waals surface area contributed by atoms with Crippen molar-refractivity contribution in [3.63, 3.8) is 0 Å². The van der Waals surface area contributed by atoms with Gasteiger partial charge >= 0.3 is 0 Å². The Morgan fingerprint density at radius 3 is 2.40 bits per heavy atom. The van der Waals surface area contributed by atoms with Crippen molar-refractivity contribution in [3.8, 4) is 0 Å². The molecule has 0 spiro atoms. The van der Waals surface area contributed by atoms with Crippen molar-refractivity contribution in [1.82, 2.24) is 15.5 Å². The molecule has 0 radical (unpaired) electrons. The van der Waals surface area contributed by atoms with Gasteiger partial charge in [-0.1, -0.05) is 72.8 Å². The lowest BCUT2D eigenvalue weighted by Gasteiger charge is -2.30. The van der Waals surface area contributed by atoms with Gasteiger partial charge in [0.05, 0.1) is 12.7 Å². The number of amides is 3. The van der Waals surface area contributed by atoms with E-state index in [9.17, 15) is 14.4 Å². The maximum Gasteiger partial charge on any atom is 0.249 e. The highest BCUT2D eigenvalue weighted by Crippen LogP contribution is 2.19. The zero-order valence-electron chi connectivity index (χ0n) is 25.4. The molecule has 9 heteroatoms. The summed E-state index contributed by atoms with van der Waals surface area (Å²) in [5, 5.41) is 8.05. The van der Waals surface area contributed by atoms with Crippen LogP contribution >= 0.6 is 0 Å². The summed E-state index contributed by atoms with van der Waals surface area (Å²) in [5.74, 6) is -1.07. The van der Waals surface area contributed by atoms with Gasteiger partial charge in [0.1, 0.15) is 18.7 Å². The quantitative estimate of drug-likeness (QED) is 0.266. The van der Waals surface area contributed by atoms with E-state index in [-0.39, 0.29) is 37.6 Å². The first-order chi connectivity index (χ1) is 20.6. The minimum atomic E-state index is -0.882. The molecule has 0 aliphatic carbocycles. The standard InChI is InChI=1S/C34H44N4O5/c1-34(2,35)23-42-22-31(39)38(3)30(20-25-15-16-26-12-7-8-13-27(26)18-25)33(41)37-29(19-24-10-5-4-6-11-24)32(40)36-21-28-14-9-17-43-28/h4-8,10-13,15-16,18,28-30H,9,14,17,19-23,35H2,1-3H3,(H,36,40)(H,37,41)/t28?,29-,30-/m1/s1. The smallest absolute Gasteiger partial charge is 0.249 e. The summed E-state index contributed by atoms with van der Waals surface area (Å²) in [7, 11) is 1.59. The van der Waals surface area contributed by atoms with Crippen LogP contribution in [0.1, 0.15) is 37.8 Å². The second-order valence-corrected chi connectivity index (χ2v) is 12.0. The number of hydrogen-bond donors (Lipinski definition) is 3. The second-order valence-electron chi connectivity index (χ2n) is 12.0. The molecule has 3 atom stereocenters. The Morgan fingerprint density at radius 1 is 0.977 bits per heavy atom. The van der Waals surface area contributed by atoms with E-state index in [0.29, 0.717) is 19.6 Å². The van der Waals surface area contributed by atoms with Crippen molar-refractivity contribution in [2.75, 3.05) is 33.4 Å². The van der Waals surface area contributed by atoms with Crippen molar-refractivity contribution in [1.29, 1.82) is 0 Å². The Kier molecular flexibility index (Phi) is 11.3. The summed E-state index contributed by atoms with van der Waals surface area (Å²) in [4.78, 5) is 42.0. The molecule has 1 heterocycles. The van der Waals surface area contributed by atoms with Gasteiger partial charge in [-0.2, -0.15) is 0 Å². The van der Waals surface area contributed by atoms with Crippen LogP contribution < -0.4 is 16.4 Å². The van der Waals surface area contributed by atoms with Crippen LogP contribution in [-0.4, -0.2) is 79.8 Å². The normalized spacial score (nSPS) is 16.4. The Balaban J connectivity index is 1.54. The monoisotopic (exact) mass is 588 g/mol. The number of fused-ring (bicyclic) bond motifs is 1. The summed E-state index contributed by atoms with van der Waals surface area (Å²) in [5.41, 5.74) is 7.21. The van der Waals surface area contributed by atoms with Crippen LogP contribution in [-0.2, 0) is 36.7 Å². The zero-order valence-corrected chi connectivity index (χ0v) is 25.4. The molecule has 9 nitrogen and oxygen atoms in total. The van der Waals surface area contributed by atoms with E-state index in [1.165, 1.54) is 4.90 Å². The summed E-state index contributed by atoms with van der Waals surface area (Å²) in [6, 6.07) is 21.8. The molecule has 3 amide bonds. The molecule has 1 aliphatic heterocycles. The van der Waals surface area contributed by atoms with Crippen LogP contribution in [0.2, 0.25) is 0 Å². The van der Waals surface area contributed by atoms with Crippen molar-refractivity contribution in [2.24, 2.45) is 5.73 Å². The van der Waals surface area contributed by atoms with Crippen LogP contribution in [0.4, 0.5) is 0 Å². The van der Waals surface area contributed by atoms with Gasteiger partial charge in [0.25, 0.3) is 0 Å². The predicted molar refractivity (Wildman–Crippen MR) is 167 cm³/mol. The summed E-state index contributed by atoms with van der Waals surface area (Å²) < 4.78 is 11.2. The summed E-state index contributed by atoms with van der Waals surface area (Å²) >= 11 is 0. The molecule has 0 saturated carbocycles. The maximum atomic E-state index is 14.0. The first kappa shape index (κ1) is 32.1. The second kappa shape index (κ2) is 15.1. The number of likely N-dealkylation sites (N-methyl/N-ethyl adjacent to an activating group) is 1. The van der Waals surface area contributed by atoms with E-state index in [1.807, 2.05) is 86.6 Å². The number of nitrogens with zero attached hydrogens (tertiary/aromatic N) is 1. The van der Waals surface area contributed by atoms with Crippen LogP contribution in [0.5, 0.6) is 0 Å². The van der Waals surface area contributed by atoms with E-state index < -0.39 is 23.5 Å². The van der Waals surface area contributed by atoms with Crippen molar-refractivity contribution < 1.29 is 23.9 Å². The van der Waals surface area contributed by atoms with Crippen LogP contribution in [0.3, 0.4) is 0 Å². The molecule has 43 heavy (non-hydrogen) atoms. The topological polar surface area (TPSA) is 123 Å². The number of rotatable bonds is 14. The Labute approximate surface area is 254 Å². The number of nitrogens with one attached hydrogen (secondary N) is 2. The third-order valence-electron chi connectivity index (χ3n) is 7.55. The molecule has 0 aromatic heterocycles. The van der Waals surface area contributed by atoms with Gasteiger partial charge in [-0.15, -0.1) is 0 Å². The van der Waals surface area contributed by atoms with Gasteiger partial charge in [0.15, 0.2) is 0 Å². The Bertz CT molecular complexity index is 1370. The Hall–Kier alpha value is -3.79. The van der Waals surface area contributed by atoms with Crippen molar-refractivity contribution in [2.45, 2.75) is 63.3 Å². The summed E-state index contributed by atoms with van der Waals surface area (Å²) in [6.45, 7) is 4.68. The van der Waals surface area contributed by atoms with Gasteiger partial charge in [-0.25, -0.2) is 0 Å². The lowest BCUT2D eigenvalue weighted by molar-refractivity contribution is -0.143. The van der Waals surface area contributed by atoms with Gasteiger partial charge in [0.2, 0.25) is 17.7 Å². The van der Waals surface area contributed by atoms with Gasteiger partial charge in [0, 0.05) is 38.6 Å². The highest BCUT2D eigenvalue weighted by Gasteiger charge is 2.31. The lowest BCUT2D eigenvalue weighted by Crippen LogP contribution is -2.56. The summed E-state index contributed by atoms with van der Waals surface area (Å²) in [6.07, 6.45) is 2.39. The fourth-order valence-electron chi connectivity index (χ4n) is 5.14. The molecule has 4 rings (SSSR count). The van der Waals surface area contributed by atoms with E-state index in [0.717, 1.165) is 34.7 Å². The minimum absolute atomic E-state index is 0.0278. The zero-order chi connectivity index (χ0) is 30.8.